The Labute approximate surface area is 115 Å². The molecule has 0 aliphatic rings. The number of aliphatic hydroxyl groups excluding tert-OH is 1. The van der Waals surface area contributed by atoms with Crippen LogP contribution in [0.5, 0.6) is 0 Å². The predicted octanol–water partition coefficient (Wildman–Crippen LogP) is 0.766. The lowest BCUT2D eigenvalue weighted by atomic mass is 10.2. The molecule has 1 aromatic rings. The van der Waals surface area contributed by atoms with Crippen LogP contribution in [0.2, 0.25) is 0 Å². The lowest BCUT2D eigenvalue weighted by Gasteiger charge is -2.25. The minimum atomic E-state index is -1.58. The van der Waals surface area contributed by atoms with E-state index < -0.39 is 18.1 Å². The zero-order valence-corrected chi connectivity index (χ0v) is 11.7. The monoisotopic (exact) mass is 286 g/mol. The number of amides is 2. The molecule has 3 N–H and O–H groups in total. The van der Waals surface area contributed by atoms with E-state index in [-0.39, 0.29) is 12.6 Å². The van der Waals surface area contributed by atoms with Crippen LogP contribution in [-0.2, 0) is 11.2 Å². The maximum absolute atomic E-state index is 11.8. The lowest BCUT2D eigenvalue weighted by molar-refractivity contribution is -0.146. The molecule has 0 aliphatic carbocycles. The van der Waals surface area contributed by atoms with Gasteiger partial charge in [-0.1, -0.05) is 6.07 Å². The van der Waals surface area contributed by atoms with Crippen molar-refractivity contribution in [2.45, 2.75) is 25.5 Å². The molecule has 1 aromatic heterocycles. The number of urea groups is 1. The summed E-state index contributed by atoms with van der Waals surface area (Å²) in [6.07, 6.45) is -0.840. The van der Waals surface area contributed by atoms with Crippen molar-refractivity contribution >= 4 is 23.3 Å². The standard InChI is InChI=1S/C12H18N2O4S/c1-8(6-9-4-3-5-19-9)14(2)12(18)13-7-10(15)11(16)17/h3-5,8,10,15H,6-7H2,1-2H3,(H,13,18)(H,16,17)/t8?,10-/m0/s1. The third kappa shape index (κ3) is 4.88. The number of thiophene rings is 1. The zero-order chi connectivity index (χ0) is 14.4. The Hall–Kier alpha value is -1.60. The van der Waals surface area contributed by atoms with Gasteiger partial charge >= 0.3 is 12.0 Å². The van der Waals surface area contributed by atoms with Crippen LogP contribution in [0.1, 0.15) is 11.8 Å². The number of hydrogen-bond donors (Lipinski definition) is 3. The van der Waals surface area contributed by atoms with E-state index in [0.717, 1.165) is 6.42 Å². The Kier molecular flexibility index (Phi) is 5.78. The van der Waals surface area contributed by atoms with E-state index in [1.54, 1.807) is 18.4 Å². The summed E-state index contributed by atoms with van der Waals surface area (Å²) in [5.74, 6) is -1.35. The largest absolute Gasteiger partial charge is 0.479 e. The molecule has 0 spiro atoms. The second-order valence-corrected chi connectivity index (χ2v) is 5.32. The van der Waals surface area contributed by atoms with E-state index in [1.165, 1.54) is 9.78 Å². The summed E-state index contributed by atoms with van der Waals surface area (Å²) in [7, 11) is 1.64. The number of carbonyl (C=O) groups is 2. The summed E-state index contributed by atoms with van der Waals surface area (Å²) < 4.78 is 0. The van der Waals surface area contributed by atoms with Crippen LogP contribution >= 0.6 is 11.3 Å². The Morgan fingerprint density at radius 2 is 2.21 bits per heavy atom. The number of aliphatic carboxylic acids is 1. The van der Waals surface area contributed by atoms with Crippen molar-refractivity contribution in [3.63, 3.8) is 0 Å². The van der Waals surface area contributed by atoms with Crippen molar-refractivity contribution in [3.8, 4) is 0 Å². The fraction of sp³-hybridized carbons (Fsp3) is 0.500. The molecule has 0 bridgehead atoms. The van der Waals surface area contributed by atoms with Gasteiger partial charge in [0.25, 0.3) is 0 Å². The number of likely N-dealkylation sites (N-methyl/N-ethyl adjacent to an activating group) is 1. The summed E-state index contributed by atoms with van der Waals surface area (Å²) >= 11 is 1.63. The summed E-state index contributed by atoms with van der Waals surface area (Å²) in [5.41, 5.74) is 0. The normalized spacial score (nSPS) is 13.6. The minimum Gasteiger partial charge on any atom is -0.479 e. The Bertz CT molecular complexity index is 421. The van der Waals surface area contributed by atoms with Crippen molar-refractivity contribution < 1.29 is 19.8 Å². The third-order valence-corrected chi connectivity index (χ3v) is 3.69. The Morgan fingerprint density at radius 3 is 2.74 bits per heavy atom. The highest BCUT2D eigenvalue weighted by Crippen LogP contribution is 2.13. The van der Waals surface area contributed by atoms with E-state index in [4.69, 9.17) is 10.2 Å². The van der Waals surface area contributed by atoms with Gasteiger partial charge in [0.05, 0.1) is 6.54 Å². The molecule has 106 valence electrons. The summed E-state index contributed by atoms with van der Waals surface area (Å²) in [6, 6.07) is 3.54. The van der Waals surface area contributed by atoms with Gasteiger partial charge in [0.15, 0.2) is 6.10 Å². The van der Waals surface area contributed by atoms with Crippen molar-refractivity contribution in [2.75, 3.05) is 13.6 Å². The van der Waals surface area contributed by atoms with E-state index in [9.17, 15) is 9.59 Å². The second kappa shape index (κ2) is 7.10. The van der Waals surface area contributed by atoms with Gasteiger partial charge in [-0.15, -0.1) is 11.3 Å². The third-order valence-electron chi connectivity index (χ3n) is 2.79. The van der Waals surface area contributed by atoms with E-state index in [1.807, 2.05) is 24.4 Å². The molecular weight excluding hydrogens is 268 g/mol. The quantitative estimate of drug-likeness (QED) is 0.720. The molecule has 0 aromatic carbocycles. The fourth-order valence-electron chi connectivity index (χ4n) is 1.45. The van der Waals surface area contributed by atoms with Gasteiger partial charge in [-0.3, -0.25) is 0 Å². The van der Waals surface area contributed by atoms with Gasteiger partial charge in [-0.2, -0.15) is 0 Å². The average Bonchev–Trinajstić information content (AvgIpc) is 2.86. The van der Waals surface area contributed by atoms with E-state index in [0.29, 0.717) is 0 Å². The Morgan fingerprint density at radius 1 is 1.53 bits per heavy atom. The highest BCUT2D eigenvalue weighted by Gasteiger charge is 2.19. The van der Waals surface area contributed by atoms with Gasteiger partial charge in [-0.25, -0.2) is 9.59 Å². The predicted molar refractivity (Wildman–Crippen MR) is 72.3 cm³/mol. The van der Waals surface area contributed by atoms with Gasteiger partial charge < -0.3 is 20.4 Å². The lowest BCUT2D eigenvalue weighted by Crippen LogP contribution is -2.46. The molecule has 0 saturated carbocycles. The number of nitrogens with one attached hydrogen (secondary N) is 1. The second-order valence-electron chi connectivity index (χ2n) is 4.28. The molecule has 0 fully saturated rings. The molecule has 1 heterocycles. The van der Waals surface area contributed by atoms with Crippen LogP contribution in [0, 0.1) is 0 Å². The number of aliphatic hydroxyl groups is 1. The number of carboxylic acid groups (broad SMARTS) is 1. The first-order valence-electron chi connectivity index (χ1n) is 5.85. The molecule has 0 aliphatic heterocycles. The SMILES string of the molecule is CC(Cc1cccs1)N(C)C(=O)NC[C@H](O)C(=O)O. The number of carboxylic acids is 1. The molecule has 19 heavy (non-hydrogen) atoms. The summed E-state index contributed by atoms with van der Waals surface area (Å²) in [6.45, 7) is 1.61. The van der Waals surface area contributed by atoms with Crippen molar-refractivity contribution in [1.82, 2.24) is 10.2 Å². The number of hydrogen-bond acceptors (Lipinski definition) is 4. The molecule has 1 rings (SSSR count). The maximum Gasteiger partial charge on any atom is 0.334 e. The van der Waals surface area contributed by atoms with Crippen molar-refractivity contribution in [3.05, 3.63) is 22.4 Å². The molecule has 7 heteroatoms. The molecular formula is C12H18N2O4S. The van der Waals surface area contributed by atoms with Crippen LogP contribution in [0.3, 0.4) is 0 Å². The first-order valence-corrected chi connectivity index (χ1v) is 6.73. The molecule has 1 unspecified atom stereocenters. The fourth-order valence-corrected chi connectivity index (χ4v) is 2.28. The van der Waals surface area contributed by atoms with Crippen LogP contribution < -0.4 is 5.32 Å². The smallest absolute Gasteiger partial charge is 0.334 e. The van der Waals surface area contributed by atoms with E-state index in [2.05, 4.69) is 5.32 Å². The zero-order valence-electron chi connectivity index (χ0n) is 10.9. The number of nitrogens with zero attached hydrogens (tertiary/aromatic N) is 1. The van der Waals surface area contributed by atoms with Crippen LogP contribution in [0.15, 0.2) is 17.5 Å². The highest BCUT2D eigenvalue weighted by molar-refractivity contribution is 7.09. The number of carbonyl (C=O) groups excluding carboxylic acids is 1. The minimum absolute atomic E-state index is 0.0133. The van der Waals surface area contributed by atoms with Gasteiger partial charge in [0, 0.05) is 24.4 Å². The van der Waals surface area contributed by atoms with Gasteiger partial charge in [-0.05, 0) is 18.4 Å². The molecule has 2 amide bonds. The number of rotatable bonds is 6. The average molecular weight is 286 g/mol. The van der Waals surface area contributed by atoms with Gasteiger partial charge in [0.1, 0.15) is 0 Å². The molecule has 6 nitrogen and oxygen atoms in total. The van der Waals surface area contributed by atoms with Crippen LogP contribution in [-0.4, -0.2) is 52.9 Å². The maximum atomic E-state index is 11.8. The molecule has 0 saturated heterocycles. The highest BCUT2D eigenvalue weighted by atomic mass is 32.1. The first-order chi connectivity index (χ1) is 8.91. The Balaban J connectivity index is 2.41. The topological polar surface area (TPSA) is 89.9 Å². The molecule has 0 radical (unpaired) electrons. The summed E-state index contributed by atoms with van der Waals surface area (Å²) in [5, 5.41) is 21.9. The van der Waals surface area contributed by atoms with E-state index >= 15 is 0 Å². The van der Waals surface area contributed by atoms with Crippen LogP contribution in [0.4, 0.5) is 4.79 Å². The van der Waals surface area contributed by atoms with Gasteiger partial charge in [0.2, 0.25) is 0 Å². The van der Waals surface area contributed by atoms with Crippen molar-refractivity contribution in [2.24, 2.45) is 0 Å². The van der Waals surface area contributed by atoms with Crippen molar-refractivity contribution in [1.29, 1.82) is 0 Å². The van der Waals surface area contributed by atoms with Crippen LogP contribution in [0.25, 0.3) is 0 Å². The molecule has 2 atom stereocenters. The summed E-state index contributed by atoms with van der Waals surface area (Å²) in [4.78, 5) is 24.8. The first kappa shape index (κ1) is 15.5.